The van der Waals surface area contributed by atoms with Gasteiger partial charge in [0.15, 0.2) is 0 Å². The highest BCUT2D eigenvalue weighted by Crippen LogP contribution is 2.38. The molecule has 1 unspecified atom stereocenters. The number of hydrogen-bond acceptors (Lipinski definition) is 2. The van der Waals surface area contributed by atoms with Gasteiger partial charge in [0, 0.05) is 12.8 Å². The first-order chi connectivity index (χ1) is 5.16. The van der Waals surface area contributed by atoms with Gasteiger partial charge in [-0.05, 0) is 30.3 Å². The first-order valence-electron chi connectivity index (χ1n) is 4.17. The highest BCUT2D eigenvalue weighted by atomic mass is 32.2. The van der Waals surface area contributed by atoms with Crippen molar-refractivity contribution in [1.29, 1.82) is 0 Å². The summed E-state index contributed by atoms with van der Waals surface area (Å²) in [6, 6.07) is 0. The number of hydrogen-bond donors (Lipinski definition) is 0. The SMILES string of the molecule is CSCCC1(C)CCC(=O)C1. The number of rotatable bonds is 3. The van der Waals surface area contributed by atoms with Crippen molar-refractivity contribution in [2.75, 3.05) is 12.0 Å². The van der Waals surface area contributed by atoms with E-state index in [1.165, 1.54) is 12.2 Å². The smallest absolute Gasteiger partial charge is 0.133 e. The van der Waals surface area contributed by atoms with Gasteiger partial charge in [0.25, 0.3) is 0 Å². The van der Waals surface area contributed by atoms with Crippen LogP contribution in [-0.2, 0) is 4.79 Å². The molecule has 0 heterocycles. The second kappa shape index (κ2) is 3.61. The molecule has 0 saturated heterocycles. The Morgan fingerprint density at radius 2 is 2.36 bits per heavy atom. The van der Waals surface area contributed by atoms with Crippen molar-refractivity contribution in [1.82, 2.24) is 0 Å². The molecular formula is C9H16OS. The summed E-state index contributed by atoms with van der Waals surface area (Å²) >= 11 is 1.88. The average Bonchev–Trinajstić information content (AvgIpc) is 2.28. The summed E-state index contributed by atoms with van der Waals surface area (Å²) in [5, 5.41) is 0. The van der Waals surface area contributed by atoms with Crippen LogP contribution in [0.25, 0.3) is 0 Å². The largest absolute Gasteiger partial charge is 0.300 e. The molecule has 1 rings (SSSR count). The van der Waals surface area contributed by atoms with Crippen molar-refractivity contribution in [3.05, 3.63) is 0 Å². The van der Waals surface area contributed by atoms with Gasteiger partial charge >= 0.3 is 0 Å². The number of ketones is 1. The maximum absolute atomic E-state index is 11.0. The van der Waals surface area contributed by atoms with Crippen molar-refractivity contribution < 1.29 is 4.79 Å². The lowest BCUT2D eigenvalue weighted by atomic mass is 9.86. The number of Topliss-reactive ketones (excluding diaryl/α,β-unsaturated/α-hetero) is 1. The number of carbonyl (C=O) groups is 1. The standard InChI is InChI=1S/C9H16OS/c1-9(5-6-11-2)4-3-8(10)7-9/h3-7H2,1-2H3. The molecule has 0 bridgehead atoms. The predicted octanol–water partition coefficient (Wildman–Crippen LogP) is 2.50. The summed E-state index contributed by atoms with van der Waals surface area (Å²) in [4.78, 5) is 11.0. The normalized spacial score (nSPS) is 31.3. The molecule has 0 aromatic carbocycles. The molecule has 0 aliphatic heterocycles. The Morgan fingerprint density at radius 3 is 2.82 bits per heavy atom. The van der Waals surface area contributed by atoms with E-state index in [1.807, 2.05) is 11.8 Å². The molecule has 1 fully saturated rings. The summed E-state index contributed by atoms with van der Waals surface area (Å²) in [6.45, 7) is 2.24. The van der Waals surface area contributed by atoms with E-state index in [2.05, 4.69) is 13.2 Å². The molecule has 0 aromatic rings. The van der Waals surface area contributed by atoms with Crippen LogP contribution >= 0.6 is 11.8 Å². The Hall–Kier alpha value is 0.0200. The van der Waals surface area contributed by atoms with E-state index < -0.39 is 0 Å². The third-order valence-electron chi connectivity index (χ3n) is 2.54. The van der Waals surface area contributed by atoms with E-state index >= 15 is 0 Å². The summed E-state index contributed by atoms with van der Waals surface area (Å²) in [5.41, 5.74) is 0.347. The van der Waals surface area contributed by atoms with Crippen LogP contribution < -0.4 is 0 Å². The fourth-order valence-electron chi connectivity index (χ4n) is 1.66. The maximum Gasteiger partial charge on any atom is 0.133 e. The van der Waals surface area contributed by atoms with Crippen LogP contribution in [0.2, 0.25) is 0 Å². The molecule has 1 saturated carbocycles. The minimum absolute atomic E-state index is 0.347. The molecule has 0 spiro atoms. The molecule has 2 heteroatoms. The van der Waals surface area contributed by atoms with Crippen LogP contribution in [0.15, 0.2) is 0 Å². The molecular weight excluding hydrogens is 156 g/mol. The van der Waals surface area contributed by atoms with Crippen molar-refractivity contribution in [3.8, 4) is 0 Å². The highest BCUT2D eigenvalue weighted by Gasteiger charge is 2.32. The summed E-state index contributed by atoms with van der Waals surface area (Å²) in [7, 11) is 0. The van der Waals surface area contributed by atoms with Crippen LogP contribution in [0, 0.1) is 5.41 Å². The van der Waals surface area contributed by atoms with Gasteiger partial charge in [0.05, 0.1) is 0 Å². The van der Waals surface area contributed by atoms with Crippen LogP contribution in [0.4, 0.5) is 0 Å². The molecule has 1 aliphatic carbocycles. The first kappa shape index (κ1) is 9.11. The summed E-state index contributed by atoms with van der Waals surface area (Å²) in [6.07, 6.45) is 6.10. The van der Waals surface area contributed by atoms with Gasteiger partial charge < -0.3 is 0 Å². The molecule has 0 aromatic heterocycles. The van der Waals surface area contributed by atoms with E-state index in [4.69, 9.17) is 0 Å². The maximum atomic E-state index is 11.0. The topological polar surface area (TPSA) is 17.1 Å². The van der Waals surface area contributed by atoms with Gasteiger partial charge in [0.1, 0.15) is 5.78 Å². The van der Waals surface area contributed by atoms with E-state index in [9.17, 15) is 4.79 Å². The lowest BCUT2D eigenvalue weighted by Crippen LogP contribution is -2.12. The van der Waals surface area contributed by atoms with E-state index in [-0.39, 0.29) is 0 Å². The molecule has 1 nitrogen and oxygen atoms in total. The van der Waals surface area contributed by atoms with Gasteiger partial charge in [-0.3, -0.25) is 4.79 Å². The van der Waals surface area contributed by atoms with Gasteiger partial charge in [-0.15, -0.1) is 0 Å². The van der Waals surface area contributed by atoms with Crippen LogP contribution in [0.5, 0.6) is 0 Å². The predicted molar refractivity (Wildman–Crippen MR) is 50.0 cm³/mol. The van der Waals surface area contributed by atoms with Gasteiger partial charge in [-0.2, -0.15) is 11.8 Å². The van der Waals surface area contributed by atoms with Crippen LogP contribution in [0.1, 0.15) is 32.6 Å². The molecule has 0 radical (unpaired) electrons. The third-order valence-corrected chi connectivity index (χ3v) is 3.15. The highest BCUT2D eigenvalue weighted by molar-refractivity contribution is 7.98. The molecule has 0 N–H and O–H groups in total. The molecule has 1 aliphatic rings. The lowest BCUT2D eigenvalue weighted by molar-refractivity contribution is -0.117. The van der Waals surface area contributed by atoms with Crippen molar-refractivity contribution in [3.63, 3.8) is 0 Å². The average molecular weight is 172 g/mol. The third kappa shape index (κ3) is 2.51. The minimum Gasteiger partial charge on any atom is -0.300 e. The lowest BCUT2D eigenvalue weighted by Gasteiger charge is -2.21. The molecule has 1 atom stereocenters. The first-order valence-corrected chi connectivity index (χ1v) is 5.56. The zero-order chi connectivity index (χ0) is 8.32. The Bertz CT molecular complexity index is 156. The van der Waals surface area contributed by atoms with Gasteiger partial charge in [-0.1, -0.05) is 6.92 Å². The number of thioether (sulfide) groups is 1. The van der Waals surface area contributed by atoms with E-state index in [0.29, 0.717) is 11.2 Å². The Labute approximate surface area is 72.9 Å². The van der Waals surface area contributed by atoms with Crippen LogP contribution in [0.3, 0.4) is 0 Å². The van der Waals surface area contributed by atoms with Gasteiger partial charge in [0.2, 0.25) is 0 Å². The van der Waals surface area contributed by atoms with Crippen LogP contribution in [-0.4, -0.2) is 17.8 Å². The fourth-order valence-corrected chi connectivity index (χ4v) is 2.35. The Morgan fingerprint density at radius 1 is 1.64 bits per heavy atom. The Balaban J connectivity index is 2.35. The van der Waals surface area contributed by atoms with Crippen molar-refractivity contribution in [2.24, 2.45) is 5.41 Å². The zero-order valence-corrected chi connectivity index (χ0v) is 8.17. The van der Waals surface area contributed by atoms with Crippen molar-refractivity contribution >= 4 is 17.5 Å². The van der Waals surface area contributed by atoms with Crippen molar-refractivity contribution in [2.45, 2.75) is 32.6 Å². The van der Waals surface area contributed by atoms with Gasteiger partial charge in [-0.25, -0.2) is 0 Å². The summed E-state index contributed by atoms with van der Waals surface area (Å²) in [5.74, 6) is 1.66. The fraction of sp³-hybridized carbons (Fsp3) is 0.889. The number of carbonyl (C=O) groups excluding carboxylic acids is 1. The molecule has 64 valence electrons. The Kier molecular flexibility index (Phi) is 2.99. The monoisotopic (exact) mass is 172 g/mol. The molecule has 11 heavy (non-hydrogen) atoms. The summed E-state index contributed by atoms with van der Waals surface area (Å²) < 4.78 is 0. The second-order valence-electron chi connectivity index (χ2n) is 3.77. The molecule has 0 amide bonds. The van der Waals surface area contributed by atoms with E-state index in [1.54, 1.807) is 0 Å². The second-order valence-corrected chi connectivity index (χ2v) is 4.75. The van der Waals surface area contributed by atoms with E-state index in [0.717, 1.165) is 19.3 Å². The minimum atomic E-state index is 0.347. The zero-order valence-electron chi connectivity index (χ0n) is 7.35. The quantitative estimate of drug-likeness (QED) is 0.650.